The van der Waals surface area contributed by atoms with E-state index >= 15 is 0 Å². The molecule has 1 unspecified atom stereocenters. The van der Waals surface area contributed by atoms with Crippen molar-refractivity contribution in [1.82, 2.24) is 10.7 Å². The van der Waals surface area contributed by atoms with Gasteiger partial charge in [-0.15, -0.1) is 0 Å². The van der Waals surface area contributed by atoms with Gasteiger partial charge in [-0.1, -0.05) is 56.3 Å². The van der Waals surface area contributed by atoms with Gasteiger partial charge in [0.25, 0.3) is 11.8 Å². The van der Waals surface area contributed by atoms with Crippen molar-refractivity contribution >= 4 is 34.5 Å². The molecule has 0 saturated carbocycles. The summed E-state index contributed by atoms with van der Waals surface area (Å²) in [7, 11) is 3.94. The summed E-state index contributed by atoms with van der Waals surface area (Å²) in [6.07, 6.45) is 1.57. The fraction of sp³-hybridized carbons (Fsp3) is 0.269. The zero-order valence-electron chi connectivity index (χ0n) is 19.4. The quantitative estimate of drug-likeness (QED) is 0.389. The highest BCUT2D eigenvalue weighted by Gasteiger charge is 2.24. The molecule has 0 spiro atoms. The average molecular weight is 447 g/mol. The molecule has 0 fully saturated rings. The standard InChI is InChI=1S/C26H30N4O3/c1-18(2)25(26(32)29-27-16-19-9-12-22(13-10-19)30(3)4)28-24(31)17-33-23-14-11-20-7-5-6-8-21(20)15-23/h5-16,18,25H,17H2,1-4H3,(H,28,31)(H,29,32)/b27-16+. The molecular formula is C26H30N4O3. The van der Waals surface area contributed by atoms with Crippen LogP contribution in [0.25, 0.3) is 10.8 Å². The molecule has 3 aromatic rings. The van der Waals surface area contributed by atoms with Crippen LogP contribution < -0.4 is 20.4 Å². The van der Waals surface area contributed by atoms with Gasteiger partial charge in [-0.3, -0.25) is 9.59 Å². The topological polar surface area (TPSA) is 83.0 Å². The van der Waals surface area contributed by atoms with Gasteiger partial charge < -0.3 is 15.0 Å². The molecule has 7 heteroatoms. The highest BCUT2D eigenvalue weighted by molar-refractivity contribution is 5.89. The molecule has 0 aliphatic carbocycles. The van der Waals surface area contributed by atoms with Crippen LogP contribution in [-0.2, 0) is 9.59 Å². The molecule has 2 amide bonds. The predicted molar refractivity (Wildman–Crippen MR) is 133 cm³/mol. The Morgan fingerprint density at radius 3 is 2.36 bits per heavy atom. The number of hydrogen-bond acceptors (Lipinski definition) is 5. The minimum Gasteiger partial charge on any atom is -0.484 e. The molecule has 2 N–H and O–H groups in total. The van der Waals surface area contributed by atoms with E-state index in [9.17, 15) is 9.59 Å². The summed E-state index contributed by atoms with van der Waals surface area (Å²) in [6.45, 7) is 3.53. The number of anilines is 1. The third kappa shape index (κ3) is 6.80. The number of ether oxygens (including phenoxy) is 1. The van der Waals surface area contributed by atoms with Crippen LogP contribution in [0.4, 0.5) is 5.69 Å². The summed E-state index contributed by atoms with van der Waals surface area (Å²) in [5.74, 6) is -0.283. The molecule has 0 aliphatic heterocycles. The van der Waals surface area contributed by atoms with E-state index < -0.39 is 6.04 Å². The Hall–Kier alpha value is -3.87. The number of rotatable bonds is 9. The summed E-state index contributed by atoms with van der Waals surface area (Å²) in [4.78, 5) is 27.0. The van der Waals surface area contributed by atoms with Crippen LogP contribution in [0, 0.1) is 5.92 Å². The van der Waals surface area contributed by atoms with Gasteiger partial charge in [-0.25, -0.2) is 5.43 Å². The number of nitrogens with zero attached hydrogens (tertiary/aromatic N) is 2. The van der Waals surface area contributed by atoms with Crippen molar-refractivity contribution in [1.29, 1.82) is 0 Å². The van der Waals surface area contributed by atoms with E-state index in [1.54, 1.807) is 6.21 Å². The molecule has 0 radical (unpaired) electrons. The Morgan fingerprint density at radius 1 is 1.00 bits per heavy atom. The Bertz CT molecular complexity index is 1120. The van der Waals surface area contributed by atoms with Crippen molar-refractivity contribution in [2.75, 3.05) is 25.6 Å². The van der Waals surface area contributed by atoms with Crippen LogP contribution in [0.1, 0.15) is 19.4 Å². The molecule has 0 saturated heterocycles. The Balaban J connectivity index is 1.52. The second-order valence-electron chi connectivity index (χ2n) is 8.31. The van der Waals surface area contributed by atoms with E-state index in [0.29, 0.717) is 5.75 Å². The number of hydrazone groups is 1. The van der Waals surface area contributed by atoms with E-state index in [0.717, 1.165) is 22.0 Å². The van der Waals surface area contributed by atoms with Gasteiger partial charge in [-0.2, -0.15) is 5.10 Å². The van der Waals surface area contributed by atoms with Crippen molar-refractivity contribution in [3.8, 4) is 5.75 Å². The first-order valence-electron chi connectivity index (χ1n) is 10.8. The maximum atomic E-state index is 12.6. The van der Waals surface area contributed by atoms with Gasteiger partial charge in [0.2, 0.25) is 0 Å². The van der Waals surface area contributed by atoms with Crippen molar-refractivity contribution in [3.63, 3.8) is 0 Å². The fourth-order valence-corrected chi connectivity index (χ4v) is 3.25. The van der Waals surface area contributed by atoms with Gasteiger partial charge in [0, 0.05) is 19.8 Å². The maximum absolute atomic E-state index is 12.6. The van der Waals surface area contributed by atoms with Crippen LogP contribution in [0.3, 0.4) is 0 Å². The number of amides is 2. The first kappa shape index (κ1) is 23.8. The lowest BCUT2D eigenvalue weighted by atomic mass is 10.0. The van der Waals surface area contributed by atoms with Crippen molar-refractivity contribution in [2.24, 2.45) is 11.0 Å². The molecule has 172 valence electrons. The second-order valence-corrected chi connectivity index (χ2v) is 8.31. The van der Waals surface area contributed by atoms with Crippen molar-refractivity contribution < 1.29 is 14.3 Å². The van der Waals surface area contributed by atoms with Crippen LogP contribution >= 0.6 is 0 Å². The Kier molecular flexibility index (Phi) is 8.02. The van der Waals surface area contributed by atoms with E-state index in [1.807, 2.05) is 99.6 Å². The van der Waals surface area contributed by atoms with Gasteiger partial charge in [0.1, 0.15) is 11.8 Å². The molecule has 0 aromatic heterocycles. The summed E-state index contributed by atoms with van der Waals surface area (Å²) in [5, 5.41) is 8.89. The number of fused-ring (bicyclic) bond motifs is 1. The smallest absolute Gasteiger partial charge is 0.262 e. The number of benzene rings is 3. The number of carbonyl (C=O) groups excluding carboxylic acids is 2. The molecule has 0 aliphatic rings. The van der Waals surface area contributed by atoms with Crippen LogP contribution in [-0.4, -0.2) is 44.8 Å². The molecular weight excluding hydrogens is 416 g/mol. The van der Waals surface area contributed by atoms with Crippen LogP contribution in [0.2, 0.25) is 0 Å². The first-order valence-corrected chi connectivity index (χ1v) is 10.8. The summed E-state index contributed by atoms with van der Waals surface area (Å²) >= 11 is 0. The number of carbonyl (C=O) groups is 2. The average Bonchev–Trinajstić information content (AvgIpc) is 2.81. The Labute approximate surface area is 194 Å². The molecule has 3 rings (SSSR count). The number of hydrogen-bond donors (Lipinski definition) is 2. The Morgan fingerprint density at radius 2 is 1.70 bits per heavy atom. The summed E-state index contributed by atoms with van der Waals surface area (Å²) < 4.78 is 5.62. The van der Waals surface area contributed by atoms with Gasteiger partial charge in [-0.05, 0) is 46.5 Å². The van der Waals surface area contributed by atoms with E-state index in [4.69, 9.17) is 4.74 Å². The first-order chi connectivity index (χ1) is 15.8. The third-order valence-corrected chi connectivity index (χ3v) is 5.15. The normalized spacial score (nSPS) is 12.0. The SMILES string of the molecule is CC(C)C(NC(=O)COc1ccc2ccccc2c1)C(=O)N/N=C/c1ccc(N(C)C)cc1. The van der Waals surface area contributed by atoms with Gasteiger partial charge in [0.15, 0.2) is 6.61 Å². The molecule has 7 nitrogen and oxygen atoms in total. The minimum atomic E-state index is -0.731. The lowest BCUT2D eigenvalue weighted by molar-refractivity contribution is -0.131. The van der Waals surface area contributed by atoms with Crippen LogP contribution in [0.5, 0.6) is 5.75 Å². The largest absolute Gasteiger partial charge is 0.484 e. The number of nitrogens with one attached hydrogen (secondary N) is 2. The molecule has 1 atom stereocenters. The molecule has 3 aromatic carbocycles. The lowest BCUT2D eigenvalue weighted by Gasteiger charge is -2.20. The van der Waals surface area contributed by atoms with E-state index in [1.165, 1.54) is 0 Å². The van der Waals surface area contributed by atoms with Gasteiger partial charge in [0.05, 0.1) is 6.21 Å². The van der Waals surface area contributed by atoms with Crippen LogP contribution in [0.15, 0.2) is 71.8 Å². The highest BCUT2D eigenvalue weighted by atomic mass is 16.5. The van der Waals surface area contributed by atoms with Crippen molar-refractivity contribution in [3.05, 3.63) is 72.3 Å². The second kappa shape index (κ2) is 11.1. The fourth-order valence-electron chi connectivity index (χ4n) is 3.25. The van der Waals surface area contributed by atoms with Gasteiger partial charge >= 0.3 is 0 Å². The van der Waals surface area contributed by atoms with E-state index in [-0.39, 0.29) is 24.3 Å². The molecule has 0 bridgehead atoms. The maximum Gasteiger partial charge on any atom is 0.262 e. The summed E-state index contributed by atoms with van der Waals surface area (Å²) in [6, 6.07) is 20.6. The minimum absolute atomic E-state index is 0.121. The predicted octanol–water partition coefficient (Wildman–Crippen LogP) is 3.58. The van der Waals surface area contributed by atoms with Crippen molar-refractivity contribution in [2.45, 2.75) is 19.9 Å². The lowest BCUT2D eigenvalue weighted by Crippen LogP contribution is -2.49. The summed E-state index contributed by atoms with van der Waals surface area (Å²) in [5.41, 5.74) is 4.44. The molecule has 0 heterocycles. The zero-order chi connectivity index (χ0) is 23.8. The monoisotopic (exact) mass is 446 g/mol. The van der Waals surface area contributed by atoms with E-state index in [2.05, 4.69) is 15.8 Å². The third-order valence-electron chi connectivity index (χ3n) is 5.15. The highest BCUT2D eigenvalue weighted by Crippen LogP contribution is 2.20. The zero-order valence-corrected chi connectivity index (χ0v) is 19.4. The molecule has 33 heavy (non-hydrogen) atoms.